The highest BCUT2D eigenvalue weighted by molar-refractivity contribution is 9.11. The molecule has 1 heterocycles. The molecule has 0 spiro atoms. The standard InChI is InChI=1S/C12H12Br2N2O3S/c1-3-19-11-9(13)6-8(7-10(11)14)12-15-4-5-16(12)20(2,17)18/h4-7H,3H2,1-2H3. The van der Waals surface area contributed by atoms with Gasteiger partial charge in [-0.25, -0.2) is 17.4 Å². The molecule has 0 fully saturated rings. The maximum atomic E-state index is 11.7. The number of imidazole rings is 1. The van der Waals surface area contributed by atoms with E-state index < -0.39 is 10.0 Å². The van der Waals surface area contributed by atoms with Crippen molar-refractivity contribution in [1.29, 1.82) is 0 Å². The summed E-state index contributed by atoms with van der Waals surface area (Å²) in [5.74, 6) is 1.03. The van der Waals surface area contributed by atoms with E-state index in [0.29, 0.717) is 23.7 Å². The van der Waals surface area contributed by atoms with Gasteiger partial charge in [-0.3, -0.25) is 0 Å². The molecule has 0 bridgehead atoms. The van der Waals surface area contributed by atoms with E-state index in [1.807, 2.05) is 6.92 Å². The molecule has 0 atom stereocenters. The average Bonchev–Trinajstić information content (AvgIpc) is 2.82. The molecule has 0 saturated carbocycles. The Morgan fingerprint density at radius 2 is 1.90 bits per heavy atom. The Labute approximate surface area is 134 Å². The molecule has 2 aromatic rings. The fourth-order valence-electron chi connectivity index (χ4n) is 1.73. The maximum absolute atomic E-state index is 11.7. The molecule has 0 aliphatic carbocycles. The lowest BCUT2D eigenvalue weighted by atomic mass is 10.2. The second kappa shape index (κ2) is 5.87. The van der Waals surface area contributed by atoms with Crippen molar-refractivity contribution in [2.24, 2.45) is 0 Å². The van der Waals surface area contributed by atoms with Crippen LogP contribution in [0.4, 0.5) is 0 Å². The van der Waals surface area contributed by atoms with Crippen LogP contribution in [0.15, 0.2) is 33.5 Å². The van der Waals surface area contributed by atoms with Gasteiger partial charge in [-0.05, 0) is 50.9 Å². The Balaban J connectivity index is 2.58. The minimum absolute atomic E-state index is 0.358. The van der Waals surface area contributed by atoms with Crippen LogP contribution in [-0.4, -0.2) is 30.2 Å². The van der Waals surface area contributed by atoms with Gasteiger partial charge >= 0.3 is 0 Å². The Morgan fingerprint density at radius 3 is 2.40 bits per heavy atom. The Bertz CT molecular complexity index is 718. The molecule has 0 unspecified atom stereocenters. The van der Waals surface area contributed by atoms with Gasteiger partial charge in [-0.15, -0.1) is 0 Å². The van der Waals surface area contributed by atoms with Crippen LogP contribution in [0, 0.1) is 0 Å². The van der Waals surface area contributed by atoms with Crippen LogP contribution in [0.1, 0.15) is 6.92 Å². The Hall–Kier alpha value is -0.860. The molecule has 20 heavy (non-hydrogen) atoms. The number of halogens is 2. The number of ether oxygens (including phenoxy) is 1. The summed E-state index contributed by atoms with van der Waals surface area (Å²) in [5, 5.41) is 0. The molecule has 0 saturated heterocycles. The molecule has 108 valence electrons. The van der Waals surface area contributed by atoms with Gasteiger partial charge in [0, 0.05) is 18.0 Å². The lowest BCUT2D eigenvalue weighted by molar-refractivity contribution is 0.336. The number of aromatic nitrogens is 2. The van der Waals surface area contributed by atoms with Crippen molar-refractivity contribution in [2.75, 3.05) is 12.9 Å². The normalized spacial score (nSPS) is 11.6. The highest BCUT2D eigenvalue weighted by atomic mass is 79.9. The fraction of sp³-hybridized carbons (Fsp3) is 0.250. The van der Waals surface area contributed by atoms with E-state index in [4.69, 9.17) is 4.74 Å². The highest BCUT2D eigenvalue weighted by Gasteiger charge is 2.16. The van der Waals surface area contributed by atoms with Crippen molar-refractivity contribution in [3.8, 4) is 17.1 Å². The van der Waals surface area contributed by atoms with Crippen molar-refractivity contribution < 1.29 is 13.2 Å². The van der Waals surface area contributed by atoms with Crippen LogP contribution >= 0.6 is 31.9 Å². The molecule has 0 amide bonds. The van der Waals surface area contributed by atoms with Gasteiger partial charge in [0.2, 0.25) is 10.0 Å². The number of hydrogen-bond acceptors (Lipinski definition) is 4. The maximum Gasteiger partial charge on any atom is 0.237 e. The summed E-state index contributed by atoms with van der Waals surface area (Å²) in [5.41, 5.74) is 0.669. The van der Waals surface area contributed by atoms with E-state index in [9.17, 15) is 8.42 Å². The number of rotatable bonds is 4. The van der Waals surface area contributed by atoms with Gasteiger partial charge in [0.05, 0.1) is 21.8 Å². The molecule has 2 rings (SSSR count). The molecule has 8 heteroatoms. The molecule has 1 aromatic carbocycles. The number of hydrogen-bond donors (Lipinski definition) is 0. The predicted octanol–water partition coefficient (Wildman–Crippen LogP) is 3.28. The lowest BCUT2D eigenvalue weighted by Gasteiger charge is -2.11. The summed E-state index contributed by atoms with van der Waals surface area (Å²) in [6.45, 7) is 2.43. The number of benzene rings is 1. The molecule has 5 nitrogen and oxygen atoms in total. The fourth-order valence-corrected chi connectivity index (χ4v) is 3.89. The van der Waals surface area contributed by atoms with Gasteiger partial charge in [0.25, 0.3) is 0 Å². The van der Waals surface area contributed by atoms with Gasteiger partial charge in [-0.2, -0.15) is 0 Å². The van der Waals surface area contributed by atoms with E-state index in [1.165, 1.54) is 12.4 Å². The largest absolute Gasteiger partial charge is 0.492 e. The summed E-state index contributed by atoms with van der Waals surface area (Å²) >= 11 is 6.84. The summed E-state index contributed by atoms with van der Waals surface area (Å²) in [4.78, 5) is 4.11. The second-order valence-corrected chi connectivity index (χ2v) is 7.58. The summed E-state index contributed by atoms with van der Waals surface area (Å²) < 4.78 is 31.5. The molecule has 0 radical (unpaired) electrons. The van der Waals surface area contributed by atoms with Gasteiger partial charge in [0.15, 0.2) is 5.82 Å². The molecule has 0 N–H and O–H groups in total. The second-order valence-electron chi connectivity index (χ2n) is 4.01. The van der Waals surface area contributed by atoms with Gasteiger partial charge < -0.3 is 4.74 Å². The van der Waals surface area contributed by atoms with Crippen LogP contribution in [0.5, 0.6) is 5.75 Å². The van der Waals surface area contributed by atoms with E-state index in [1.54, 1.807) is 12.1 Å². The van der Waals surface area contributed by atoms with Crippen LogP contribution in [0.25, 0.3) is 11.4 Å². The van der Waals surface area contributed by atoms with E-state index >= 15 is 0 Å². The zero-order valence-corrected chi connectivity index (χ0v) is 14.8. The van der Waals surface area contributed by atoms with Crippen LogP contribution < -0.4 is 4.74 Å². The highest BCUT2D eigenvalue weighted by Crippen LogP contribution is 2.37. The third kappa shape index (κ3) is 3.07. The topological polar surface area (TPSA) is 61.2 Å². The van der Waals surface area contributed by atoms with Crippen molar-refractivity contribution in [3.63, 3.8) is 0 Å². The third-order valence-corrected chi connectivity index (χ3v) is 4.70. The van der Waals surface area contributed by atoms with Crippen LogP contribution in [-0.2, 0) is 10.0 Å². The third-order valence-electron chi connectivity index (χ3n) is 2.51. The van der Waals surface area contributed by atoms with E-state index in [2.05, 4.69) is 36.8 Å². The molecular formula is C12H12Br2N2O3S. The molecular weight excluding hydrogens is 412 g/mol. The first-order valence-corrected chi connectivity index (χ1v) is 9.14. The lowest BCUT2D eigenvalue weighted by Crippen LogP contribution is -2.10. The number of nitrogens with zero attached hydrogens (tertiary/aromatic N) is 2. The van der Waals surface area contributed by atoms with Crippen LogP contribution in [0.2, 0.25) is 0 Å². The first kappa shape index (κ1) is 15.5. The van der Waals surface area contributed by atoms with Crippen molar-refractivity contribution in [2.45, 2.75) is 6.92 Å². The van der Waals surface area contributed by atoms with E-state index in [0.717, 1.165) is 19.2 Å². The minimum atomic E-state index is -3.39. The SMILES string of the molecule is CCOc1c(Br)cc(-c2nccn2S(C)(=O)=O)cc1Br. The Morgan fingerprint density at radius 1 is 1.30 bits per heavy atom. The summed E-state index contributed by atoms with van der Waals surface area (Å²) in [6, 6.07) is 3.56. The van der Waals surface area contributed by atoms with Crippen molar-refractivity contribution in [1.82, 2.24) is 8.96 Å². The van der Waals surface area contributed by atoms with Gasteiger partial charge in [-0.1, -0.05) is 0 Å². The molecule has 0 aliphatic rings. The average molecular weight is 424 g/mol. The summed E-state index contributed by atoms with van der Waals surface area (Å²) in [6.07, 6.45) is 4.01. The first-order valence-electron chi connectivity index (χ1n) is 5.70. The van der Waals surface area contributed by atoms with Crippen molar-refractivity contribution >= 4 is 41.9 Å². The zero-order valence-electron chi connectivity index (χ0n) is 10.8. The first-order chi connectivity index (χ1) is 9.34. The van der Waals surface area contributed by atoms with Gasteiger partial charge in [0.1, 0.15) is 5.75 Å². The molecule has 1 aromatic heterocycles. The Kier molecular flexibility index (Phi) is 4.55. The van der Waals surface area contributed by atoms with Crippen LogP contribution in [0.3, 0.4) is 0 Å². The molecule has 0 aliphatic heterocycles. The summed E-state index contributed by atoms with van der Waals surface area (Å²) in [7, 11) is -3.39. The zero-order chi connectivity index (χ0) is 14.9. The quantitative estimate of drug-likeness (QED) is 0.756. The van der Waals surface area contributed by atoms with E-state index in [-0.39, 0.29) is 0 Å². The minimum Gasteiger partial charge on any atom is -0.492 e. The van der Waals surface area contributed by atoms with Crippen molar-refractivity contribution in [3.05, 3.63) is 33.5 Å². The monoisotopic (exact) mass is 422 g/mol. The smallest absolute Gasteiger partial charge is 0.237 e. The predicted molar refractivity (Wildman–Crippen MR) is 84.5 cm³/mol.